The molecule has 1 aromatic heterocycles. The van der Waals surface area contributed by atoms with Crippen LogP contribution in [-0.2, 0) is 0 Å². The summed E-state index contributed by atoms with van der Waals surface area (Å²) in [5.41, 5.74) is 11.5. The van der Waals surface area contributed by atoms with Gasteiger partial charge in [0.05, 0.1) is 17.1 Å². The van der Waals surface area contributed by atoms with E-state index in [2.05, 4.69) is 34.7 Å². The lowest BCUT2D eigenvalue weighted by Crippen LogP contribution is -2.06. The quantitative estimate of drug-likeness (QED) is 0.642. The van der Waals surface area contributed by atoms with Gasteiger partial charge in [0.15, 0.2) is 0 Å². The van der Waals surface area contributed by atoms with Gasteiger partial charge in [-0.2, -0.15) is 5.10 Å². The summed E-state index contributed by atoms with van der Waals surface area (Å²) in [7, 11) is 0. The zero-order valence-electron chi connectivity index (χ0n) is 14.4. The van der Waals surface area contributed by atoms with E-state index in [1.54, 1.807) is 6.20 Å². The van der Waals surface area contributed by atoms with E-state index in [-0.39, 0.29) is 0 Å². The highest BCUT2D eigenvalue weighted by Gasteiger charge is 2.16. The number of nitrogens with one attached hydrogen (secondary N) is 1. The van der Waals surface area contributed by atoms with Crippen molar-refractivity contribution in [3.8, 4) is 5.69 Å². The number of anilines is 3. The van der Waals surface area contributed by atoms with Crippen molar-refractivity contribution < 1.29 is 0 Å². The fraction of sp³-hybridized carbons (Fsp3) is 0.286. The van der Waals surface area contributed by atoms with Crippen LogP contribution in [0.25, 0.3) is 5.69 Å². The van der Waals surface area contributed by atoms with Crippen molar-refractivity contribution in [1.82, 2.24) is 9.78 Å². The number of nitrogens with two attached hydrogens (primary N) is 1. The van der Waals surface area contributed by atoms with Crippen molar-refractivity contribution in [3.05, 3.63) is 66.5 Å². The number of rotatable bonds is 4. The Labute approximate surface area is 148 Å². The van der Waals surface area contributed by atoms with Gasteiger partial charge < -0.3 is 11.1 Å². The predicted molar refractivity (Wildman–Crippen MR) is 104 cm³/mol. The Hall–Kier alpha value is -2.75. The Morgan fingerprint density at radius 2 is 1.88 bits per heavy atom. The Kier molecular flexibility index (Phi) is 4.42. The average Bonchev–Trinajstić information content (AvgIpc) is 3.19. The van der Waals surface area contributed by atoms with Gasteiger partial charge in [0.1, 0.15) is 0 Å². The molecule has 0 unspecified atom stereocenters. The average molecular weight is 332 g/mol. The summed E-state index contributed by atoms with van der Waals surface area (Å²) in [6.07, 6.45) is 10.3. The molecule has 128 valence electrons. The number of hydrogen-bond acceptors (Lipinski definition) is 3. The van der Waals surface area contributed by atoms with Crippen molar-refractivity contribution in [1.29, 1.82) is 0 Å². The molecular weight excluding hydrogens is 308 g/mol. The van der Waals surface area contributed by atoms with Gasteiger partial charge in [-0.25, -0.2) is 4.68 Å². The molecule has 1 fully saturated rings. The summed E-state index contributed by atoms with van der Waals surface area (Å²) in [6, 6.07) is 16.6. The zero-order chi connectivity index (χ0) is 17.1. The Bertz CT molecular complexity index is 833. The molecule has 2 aromatic carbocycles. The van der Waals surface area contributed by atoms with Crippen molar-refractivity contribution in [2.75, 3.05) is 11.1 Å². The first-order valence-electron chi connectivity index (χ1n) is 9.06. The van der Waals surface area contributed by atoms with Gasteiger partial charge in [0, 0.05) is 18.1 Å². The highest BCUT2D eigenvalue weighted by Crippen LogP contribution is 2.35. The second-order valence-corrected chi connectivity index (χ2v) is 6.81. The van der Waals surface area contributed by atoms with E-state index in [0.717, 1.165) is 22.7 Å². The van der Waals surface area contributed by atoms with Crippen LogP contribution in [0.4, 0.5) is 17.1 Å². The molecule has 4 rings (SSSR count). The van der Waals surface area contributed by atoms with Crippen LogP contribution in [0.15, 0.2) is 60.9 Å². The largest absolute Gasteiger partial charge is 0.397 e. The van der Waals surface area contributed by atoms with Gasteiger partial charge >= 0.3 is 0 Å². The lowest BCUT2D eigenvalue weighted by Gasteiger charge is -2.23. The van der Waals surface area contributed by atoms with Crippen molar-refractivity contribution in [2.24, 2.45) is 0 Å². The minimum absolute atomic E-state index is 0.674. The van der Waals surface area contributed by atoms with Crippen LogP contribution in [0.3, 0.4) is 0 Å². The minimum Gasteiger partial charge on any atom is -0.397 e. The number of aromatic nitrogens is 2. The molecule has 0 amide bonds. The number of nitrogen functional groups attached to an aromatic ring is 1. The molecule has 3 aromatic rings. The first kappa shape index (κ1) is 15.8. The van der Waals surface area contributed by atoms with Gasteiger partial charge in [-0.15, -0.1) is 0 Å². The van der Waals surface area contributed by atoms with Gasteiger partial charge in [0.2, 0.25) is 0 Å². The van der Waals surface area contributed by atoms with Crippen LogP contribution in [0.2, 0.25) is 0 Å². The first-order valence-corrected chi connectivity index (χ1v) is 9.06. The third-order valence-electron chi connectivity index (χ3n) is 5.05. The van der Waals surface area contributed by atoms with Crippen LogP contribution in [-0.4, -0.2) is 9.78 Å². The summed E-state index contributed by atoms with van der Waals surface area (Å²) < 4.78 is 1.85. The highest BCUT2D eigenvalue weighted by atomic mass is 15.3. The number of hydrogen-bond donors (Lipinski definition) is 2. The highest BCUT2D eigenvalue weighted by molar-refractivity contribution is 5.74. The van der Waals surface area contributed by atoms with E-state index in [0.29, 0.717) is 5.92 Å². The van der Waals surface area contributed by atoms with Crippen LogP contribution >= 0.6 is 0 Å². The maximum absolute atomic E-state index is 6.33. The molecule has 4 heteroatoms. The van der Waals surface area contributed by atoms with Gasteiger partial charge in [0.25, 0.3) is 0 Å². The first-order chi connectivity index (χ1) is 12.3. The SMILES string of the molecule is Nc1cc(C2CCCCC2)ccc1Nc1cccc(-n2cccn2)c1. The van der Waals surface area contributed by atoms with Gasteiger partial charge in [-0.05, 0) is 60.7 Å². The fourth-order valence-corrected chi connectivity index (χ4v) is 3.69. The third kappa shape index (κ3) is 3.53. The molecule has 1 aliphatic carbocycles. The monoisotopic (exact) mass is 332 g/mol. The maximum atomic E-state index is 6.33. The van der Waals surface area contributed by atoms with Crippen LogP contribution in [0, 0.1) is 0 Å². The predicted octanol–water partition coefficient (Wildman–Crippen LogP) is 5.25. The summed E-state index contributed by atoms with van der Waals surface area (Å²) in [4.78, 5) is 0. The molecule has 0 spiro atoms. The lowest BCUT2D eigenvalue weighted by molar-refractivity contribution is 0.444. The number of nitrogens with zero attached hydrogens (tertiary/aromatic N) is 2. The Morgan fingerprint density at radius 1 is 1.00 bits per heavy atom. The molecule has 4 nitrogen and oxygen atoms in total. The van der Waals surface area contributed by atoms with Crippen LogP contribution in [0.5, 0.6) is 0 Å². The van der Waals surface area contributed by atoms with Crippen molar-refractivity contribution in [3.63, 3.8) is 0 Å². The summed E-state index contributed by atoms with van der Waals surface area (Å²) in [5, 5.41) is 7.72. The summed E-state index contributed by atoms with van der Waals surface area (Å²) in [6.45, 7) is 0. The molecule has 0 atom stereocenters. The molecule has 0 bridgehead atoms. The van der Waals surface area contributed by atoms with E-state index < -0.39 is 0 Å². The van der Waals surface area contributed by atoms with E-state index in [4.69, 9.17) is 5.73 Å². The standard InChI is InChI=1S/C21H24N4/c22-20-14-17(16-6-2-1-3-7-16)10-11-21(20)24-18-8-4-9-19(15-18)25-13-5-12-23-25/h4-5,8-16,24H,1-3,6-7,22H2. The van der Waals surface area contributed by atoms with Gasteiger partial charge in [-0.1, -0.05) is 31.4 Å². The topological polar surface area (TPSA) is 55.9 Å². The minimum atomic E-state index is 0.674. The van der Waals surface area contributed by atoms with E-state index in [1.165, 1.54) is 37.7 Å². The molecular formula is C21H24N4. The van der Waals surface area contributed by atoms with Gasteiger partial charge in [-0.3, -0.25) is 0 Å². The zero-order valence-corrected chi connectivity index (χ0v) is 14.4. The summed E-state index contributed by atoms with van der Waals surface area (Å²) in [5.74, 6) is 0.674. The van der Waals surface area contributed by atoms with E-state index in [9.17, 15) is 0 Å². The Balaban J connectivity index is 1.54. The molecule has 25 heavy (non-hydrogen) atoms. The third-order valence-corrected chi connectivity index (χ3v) is 5.05. The molecule has 1 heterocycles. The second kappa shape index (κ2) is 7.01. The molecule has 1 aliphatic rings. The van der Waals surface area contributed by atoms with Crippen LogP contribution in [0.1, 0.15) is 43.6 Å². The van der Waals surface area contributed by atoms with E-state index >= 15 is 0 Å². The second-order valence-electron chi connectivity index (χ2n) is 6.81. The number of benzene rings is 2. The fourth-order valence-electron chi connectivity index (χ4n) is 3.69. The summed E-state index contributed by atoms with van der Waals surface area (Å²) >= 11 is 0. The van der Waals surface area contributed by atoms with E-state index in [1.807, 2.05) is 35.1 Å². The van der Waals surface area contributed by atoms with Crippen molar-refractivity contribution >= 4 is 17.1 Å². The normalized spacial score (nSPS) is 15.2. The maximum Gasteiger partial charge on any atom is 0.0666 e. The smallest absolute Gasteiger partial charge is 0.0666 e. The lowest BCUT2D eigenvalue weighted by atomic mass is 9.84. The molecule has 0 radical (unpaired) electrons. The molecule has 0 aliphatic heterocycles. The van der Waals surface area contributed by atoms with Crippen molar-refractivity contribution in [2.45, 2.75) is 38.0 Å². The van der Waals surface area contributed by atoms with Crippen LogP contribution < -0.4 is 11.1 Å². The molecule has 3 N–H and O–H groups in total. The molecule has 1 saturated carbocycles. The Morgan fingerprint density at radius 3 is 2.64 bits per heavy atom. The molecule has 0 saturated heterocycles.